The van der Waals surface area contributed by atoms with Gasteiger partial charge in [-0.25, -0.2) is 4.99 Å². The van der Waals surface area contributed by atoms with Crippen molar-refractivity contribution >= 4 is 17.9 Å². The molecule has 3 heterocycles. The van der Waals surface area contributed by atoms with Gasteiger partial charge in [-0.3, -0.25) is 0 Å². The van der Waals surface area contributed by atoms with E-state index in [4.69, 9.17) is 5.73 Å². The van der Waals surface area contributed by atoms with Gasteiger partial charge in [-0.05, 0) is 39.0 Å². The topological polar surface area (TPSA) is 69.4 Å². The molecular formula is C13H19N5. The largest absolute Gasteiger partial charge is 0.400 e. The molecule has 0 amide bonds. The highest BCUT2D eigenvalue weighted by Crippen LogP contribution is 2.31. The minimum absolute atomic E-state index is 0.470. The number of rotatable bonds is 1. The van der Waals surface area contributed by atoms with Gasteiger partial charge < -0.3 is 20.9 Å². The summed E-state index contributed by atoms with van der Waals surface area (Å²) in [5.74, 6) is 1.36. The SMILES string of the molecule is CN1CCC(/C(N)=C2/NC=Nc3[nH]ccc32)CC1. The Bertz CT molecular complexity index is 491. The van der Waals surface area contributed by atoms with E-state index in [2.05, 4.69) is 27.2 Å². The molecule has 1 saturated heterocycles. The number of nitrogens with zero attached hydrogens (tertiary/aromatic N) is 2. The maximum absolute atomic E-state index is 6.37. The molecule has 96 valence electrons. The number of likely N-dealkylation sites (tertiary alicyclic amines) is 1. The second-order valence-corrected chi connectivity index (χ2v) is 5.05. The van der Waals surface area contributed by atoms with Crippen molar-refractivity contribution in [1.82, 2.24) is 15.2 Å². The van der Waals surface area contributed by atoms with Gasteiger partial charge in [0.1, 0.15) is 5.82 Å². The van der Waals surface area contributed by atoms with Gasteiger partial charge in [-0.15, -0.1) is 0 Å². The second kappa shape index (κ2) is 4.49. The van der Waals surface area contributed by atoms with Crippen molar-refractivity contribution in [3.05, 3.63) is 23.5 Å². The van der Waals surface area contributed by atoms with Gasteiger partial charge in [0, 0.05) is 23.4 Å². The van der Waals surface area contributed by atoms with E-state index in [-0.39, 0.29) is 0 Å². The number of nitrogens with one attached hydrogen (secondary N) is 2. The average molecular weight is 245 g/mol. The summed E-state index contributed by atoms with van der Waals surface area (Å²) < 4.78 is 0. The van der Waals surface area contributed by atoms with Gasteiger partial charge in [-0.2, -0.15) is 0 Å². The monoisotopic (exact) mass is 245 g/mol. The van der Waals surface area contributed by atoms with Crippen LogP contribution in [0.3, 0.4) is 0 Å². The van der Waals surface area contributed by atoms with Crippen molar-refractivity contribution in [2.45, 2.75) is 12.8 Å². The fourth-order valence-electron chi connectivity index (χ4n) is 2.67. The Morgan fingerprint density at radius 1 is 1.44 bits per heavy atom. The van der Waals surface area contributed by atoms with E-state index >= 15 is 0 Å². The van der Waals surface area contributed by atoms with Crippen LogP contribution in [-0.4, -0.2) is 36.4 Å². The number of nitrogens with two attached hydrogens (primary N) is 1. The van der Waals surface area contributed by atoms with E-state index < -0.39 is 0 Å². The minimum Gasteiger partial charge on any atom is -0.400 e. The first-order chi connectivity index (χ1) is 8.75. The number of piperidine rings is 1. The smallest absolute Gasteiger partial charge is 0.141 e. The molecule has 0 aliphatic carbocycles. The summed E-state index contributed by atoms with van der Waals surface area (Å²) in [7, 11) is 2.16. The Morgan fingerprint density at radius 3 is 3.00 bits per heavy atom. The molecule has 1 aromatic heterocycles. The van der Waals surface area contributed by atoms with Crippen LogP contribution in [0.4, 0.5) is 5.82 Å². The molecule has 1 aromatic rings. The van der Waals surface area contributed by atoms with Crippen LogP contribution in [0.25, 0.3) is 5.70 Å². The first-order valence-electron chi connectivity index (χ1n) is 6.40. The fourth-order valence-corrected chi connectivity index (χ4v) is 2.67. The van der Waals surface area contributed by atoms with Gasteiger partial charge in [-0.1, -0.05) is 0 Å². The molecule has 0 saturated carbocycles. The van der Waals surface area contributed by atoms with E-state index in [1.54, 1.807) is 6.34 Å². The lowest BCUT2D eigenvalue weighted by Crippen LogP contribution is -2.34. The van der Waals surface area contributed by atoms with Crippen molar-refractivity contribution in [1.29, 1.82) is 0 Å². The molecule has 2 aliphatic heterocycles. The number of hydrogen-bond acceptors (Lipinski definition) is 4. The van der Waals surface area contributed by atoms with Crippen LogP contribution in [0.1, 0.15) is 18.4 Å². The summed E-state index contributed by atoms with van der Waals surface area (Å²) in [6, 6.07) is 2.02. The highest BCUT2D eigenvalue weighted by Gasteiger charge is 2.23. The zero-order valence-electron chi connectivity index (χ0n) is 10.6. The number of aliphatic imine (C=N–C) groups is 1. The van der Waals surface area contributed by atoms with Gasteiger partial charge in [0.25, 0.3) is 0 Å². The normalized spacial score (nSPS) is 23.6. The Labute approximate surface area is 107 Å². The molecule has 5 nitrogen and oxygen atoms in total. The molecule has 3 rings (SSSR count). The molecule has 1 fully saturated rings. The Hall–Kier alpha value is -1.75. The maximum atomic E-state index is 6.37. The number of fused-ring (bicyclic) bond motifs is 1. The molecule has 0 bridgehead atoms. The molecule has 0 aromatic carbocycles. The van der Waals surface area contributed by atoms with Crippen LogP contribution in [0.15, 0.2) is 23.0 Å². The Morgan fingerprint density at radius 2 is 2.22 bits per heavy atom. The fraction of sp³-hybridized carbons (Fsp3) is 0.462. The highest BCUT2D eigenvalue weighted by atomic mass is 15.1. The molecule has 4 N–H and O–H groups in total. The maximum Gasteiger partial charge on any atom is 0.141 e. The zero-order chi connectivity index (χ0) is 12.5. The van der Waals surface area contributed by atoms with E-state index in [1.807, 2.05) is 12.3 Å². The second-order valence-electron chi connectivity index (χ2n) is 5.05. The third-order valence-corrected chi connectivity index (χ3v) is 3.84. The Balaban J connectivity index is 1.89. The lowest BCUT2D eigenvalue weighted by molar-refractivity contribution is 0.237. The van der Waals surface area contributed by atoms with Crippen molar-refractivity contribution in [2.75, 3.05) is 20.1 Å². The minimum atomic E-state index is 0.470. The van der Waals surface area contributed by atoms with Crippen LogP contribution < -0.4 is 11.1 Å². The molecule has 0 spiro atoms. The third-order valence-electron chi connectivity index (χ3n) is 3.84. The summed E-state index contributed by atoms with van der Waals surface area (Å²) in [5, 5.41) is 3.20. The number of aromatic amines is 1. The molecule has 18 heavy (non-hydrogen) atoms. The van der Waals surface area contributed by atoms with E-state index in [1.165, 1.54) is 0 Å². The van der Waals surface area contributed by atoms with Crippen molar-refractivity contribution < 1.29 is 0 Å². The van der Waals surface area contributed by atoms with Gasteiger partial charge in [0.2, 0.25) is 0 Å². The molecule has 0 unspecified atom stereocenters. The first kappa shape index (κ1) is 11.3. The average Bonchev–Trinajstić information content (AvgIpc) is 2.87. The molecule has 0 radical (unpaired) electrons. The molecule has 0 atom stereocenters. The van der Waals surface area contributed by atoms with Crippen molar-refractivity contribution in [3.8, 4) is 0 Å². The van der Waals surface area contributed by atoms with Gasteiger partial charge in [0.15, 0.2) is 0 Å². The molecular weight excluding hydrogens is 226 g/mol. The quantitative estimate of drug-likeness (QED) is 0.697. The number of allylic oxidation sites excluding steroid dienone is 1. The van der Waals surface area contributed by atoms with E-state index in [9.17, 15) is 0 Å². The van der Waals surface area contributed by atoms with Crippen LogP contribution in [0.5, 0.6) is 0 Å². The lowest BCUT2D eigenvalue weighted by atomic mass is 9.91. The predicted molar refractivity (Wildman–Crippen MR) is 73.4 cm³/mol. The zero-order valence-corrected chi connectivity index (χ0v) is 10.6. The summed E-state index contributed by atoms with van der Waals surface area (Å²) in [4.78, 5) is 9.72. The van der Waals surface area contributed by atoms with Crippen molar-refractivity contribution in [3.63, 3.8) is 0 Å². The summed E-state index contributed by atoms with van der Waals surface area (Å²) in [6.07, 6.45) is 5.86. The summed E-state index contributed by atoms with van der Waals surface area (Å²) in [6.45, 7) is 2.24. The van der Waals surface area contributed by atoms with Crippen LogP contribution in [0.2, 0.25) is 0 Å². The predicted octanol–water partition coefficient (Wildman–Crippen LogP) is 1.25. The number of aromatic nitrogens is 1. The van der Waals surface area contributed by atoms with Gasteiger partial charge in [0.05, 0.1) is 12.0 Å². The molecule has 2 aliphatic rings. The third kappa shape index (κ3) is 1.90. The van der Waals surface area contributed by atoms with Crippen LogP contribution in [0, 0.1) is 5.92 Å². The van der Waals surface area contributed by atoms with Crippen LogP contribution >= 0.6 is 0 Å². The lowest BCUT2D eigenvalue weighted by Gasteiger charge is -2.30. The van der Waals surface area contributed by atoms with E-state index in [0.29, 0.717) is 5.92 Å². The highest BCUT2D eigenvalue weighted by molar-refractivity contribution is 5.87. The number of hydrogen-bond donors (Lipinski definition) is 3. The number of H-pyrrole nitrogens is 1. The summed E-state index contributed by atoms with van der Waals surface area (Å²) in [5.41, 5.74) is 9.43. The van der Waals surface area contributed by atoms with Crippen LogP contribution in [-0.2, 0) is 0 Å². The van der Waals surface area contributed by atoms with Gasteiger partial charge >= 0.3 is 0 Å². The summed E-state index contributed by atoms with van der Waals surface area (Å²) >= 11 is 0. The Kier molecular flexibility index (Phi) is 2.83. The van der Waals surface area contributed by atoms with Crippen molar-refractivity contribution in [2.24, 2.45) is 16.6 Å². The molecule has 5 heteroatoms. The first-order valence-corrected chi connectivity index (χ1v) is 6.40. The standard InChI is InChI=1S/C13H19N5/c1-18-6-3-9(4-7-18)11(14)12-10-2-5-15-13(10)17-8-16-12/h2,5,8-9,15H,3-4,6-7,14H2,1H3,(H,16,17)/b12-11-. The van der Waals surface area contributed by atoms with E-state index in [0.717, 1.165) is 48.7 Å².